The lowest BCUT2D eigenvalue weighted by Gasteiger charge is -2.07. The van der Waals surface area contributed by atoms with Crippen molar-refractivity contribution in [3.05, 3.63) is 45.9 Å². The Morgan fingerprint density at radius 2 is 1.86 bits per heavy atom. The molecule has 0 spiro atoms. The molecule has 0 aliphatic rings. The zero-order valence-electron chi connectivity index (χ0n) is 11.8. The van der Waals surface area contributed by atoms with Gasteiger partial charge in [0.2, 0.25) is 0 Å². The fraction of sp³-hybridized carbons (Fsp3) is 0.214. The number of ether oxygens (including phenoxy) is 1. The van der Waals surface area contributed by atoms with E-state index in [2.05, 4.69) is 20.8 Å². The van der Waals surface area contributed by atoms with Crippen LogP contribution in [0, 0.1) is 0 Å². The van der Waals surface area contributed by atoms with Crippen LogP contribution < -0.4 is 10.6 Å². The van der Waals surface area contributed by atoms with E-state index >= 15 is 0 Å². The molecule has 0 aliphatic heterocycles. The minimum absolute atomic E-state index is 0.318. The van der Waals surface area contributed by atoms with Crippen LogP contribution in [0.5, 0.6) is 0 Å². The van der Waals surface area contributed by atoms with Gasteiger partial charge in [-0.05, 0) is 30.3 Å². The highest BCUT2D eigenvalue weighted by Crippen LogP contribution is 2.23. The van der Waals surface area contributed by atoms with Crippen molar-refractivity contribution in [3.8, 4) is 0 Å². The van der Waals surface area contributed by atoms with Crippen LogP contribution in [0.25, 0.3) is 0 Å². The Morgan fingerprint density at radius 1 is 1.14 bits per heavy atom. The number of amides is 1. The molecule has 0 aliphatic carbocycles. The summed E-state index contributed by atoms with van der Waals surface area (Å²) in [6.45, 7) is 1.19. The zero-order valence-corrected chi connectivity index (χ0v) is 13.3. The molecule has 1 aromatic carbocycles. The molecule has 0 atom stereocenters. The minimum Gasteiger partial charge on any atom is -0.383 e. The first-order chi connectivity index (χ1) is 10.6. The second kappa shape index (κ2) is 7.93. The topological polar surface area (TPSA) is 76.1 Å². The second-order valence-corrected chi connectivity index (χ2v) is 5.12. The first kappa shape index (κ1) is 16.5. The summed E-state index contributed by atoms with van der Waals surface area (Å²) in [5.74, 6) is 0.603. The van der Waals surface area contributed by atoms with Crippen LogP contribution >= 0.6 is 23.2 Å². The quantitative estimate of drug-likeness (QED) is 0.790. The maximum Gasteiger partial charge on any atom is 0.256 e. The lowest BCUT2D eigenvalue weighted by Crippen LogP contribution is -2.14. The van der Waals surface area contributed by atoms with E-state index in [-0.39, 0.29) is 5.91 Å². The van der Waals surface area contributed by atoms with Gasteiger partial charge < -0.3 is 15.4 Å². The Morgan fingerprint density at radius 3 is 2.50 bits per heavy atom. The standard InChI is InChI=1S/C14H14Cl2N4O2/c1-22-7-6-17-12-4-5-13(20-19-12)18-14(21)9-2-3-10(15)11(16)8-9/h2-5,8H,6-7H2,1H3,(H,17,19)(H,18,20,21). The minimum atomic E-state index is -0.340. The normalized spacial score (nSPS) is 10.3. The molecule has 8 heteroatoms. The lowest BCUT2D eigenvalue weighted by atomic mass is 10.2. The van der Waals surface area contributed by atoms with E-state index in [1.165, 1.54) is 6.07 Å². The van der Waals surface area contributed by atoms with Gasteiger partial charge in [-0.15, -0.1) is 10.2 Å². The van der Waals surface area contributed by atoms with E-state index in [9.17, 15) is 4.79 Å². The third kappa shape index (κ3) is 4.56. The van der Waals surface area contributed by atoms with Crippen molar-refractivity contribution in [1.29, 1.82) is 0 Å². The van der Waals surface area contributed by atoms with Gasteiger partial charge in [0.15, 0.2) is 5.82 Å². The van der Waals surface area contributed by atoms with Gasteiger partial charge >= 0.3 is 0 Å². The molecule has 6 nitrogen and oxygen atoms in total. The molecule has 0 fully saturated rings. The third-order valence-corrected chi connectivity index (χ3v) is 3.44. The Hall–Kier alpha value is -1.89. The van der Waals surface area contributed by atoms with Crippen molar-refractivity contribution in [2.24, 2.45) is 0 Å². The van der Waals surface area contributed by atoms with Crippen molar-refractivity contribution >= 4 is 40.7 Å². The average molecular weight is 341 g/mol. The van der Waals surface area contributed by atoms with Gasteiger partial charge in [-0.1, -0.05) is 23.2 Å². The predicted octanol–water partition coefficient (Wildman–Crippen LogP) is 3.09. The molecular weight excluding hydrogens is 327 g/mol. The first-order valence-corrected chi connectivity index (χ1v) is 7.18. The molecule has 1 amide bonds. The highest BCUT2D eigenvalue weighted by atomic mass is 35.5. The average Bonchev–Trinajstić information content (AvgIpc) is 2.52. The van der Waals surface area contributed by atoms with Crippen molar-refractivity contribution < 1.29 is 9.53 Å². The van der Waals surface area contributed by atoms with Crippen LogP contribution in [0.4, 0.5) is 11.6 Å². The summed E-state index contributed by atoms with van der Waals surface area (Å²) in [5, 5.41) is 14.2. The van der Waals surface area contributed by atoms with Crippen LogP contribution in [-0.4, -0.2) is 36.4 Å². The number of anilines is 2. The SMILES string of the molecule is COCCNc1ccc(NC(=O)c2ccc(Cl)c(Cl)c2)nn1. The molecule has 116 valence electrons. The summed E-state index contributed by atoms with van der Waals surface area (Å²) in [6, 6.07) is 8.00. The molecule has 22 heavy (non-hydrogen) atoms. The van der Waals surface area contributed by atoms with Crippen molar-refractivity contribution in [2.45, 2.75) is 0 Å². The summed E-state index contributed by atoms with van der Waals surface area (Å²) in [4.78, 5) is 12.1. The summed E-state index contributed by atoms with van der Waals surface area (Å²) < 4.78 is 4.92. The van der Waals surface area contributed by atoms with Gasteiger partial charge in [-0.3, -0.25) is 4.79 Å². The lowest BCUT2D eigenvalue weighted by molar-refractivity contribution is 0.102. The molecule has 2 N–H and O–H groups in total. The molecule has 1 heterocycles. The molecule has 0 saturated carbocycles. The van der Waals surface area contributed by atoms with E-state index in [0.717, 1.165) is 0 Å². The number of nitrogens with zero attached hydrogens (tertiary/aromatic N) is 2. The number of hydrogen-bond acceptors (Lipinski definition) is 5. The van der Waals surface area contributed by atoms with Crippen molar-refractivity contribution in [2.75, 3.05) is 30.9 Å². The fourth-order valence-corrected chi connectivity index (χ4v) is 1.90. The Kier molecular flexibility index (Phi) is 5.94. The van der Waals surface area contributed by atoms with Gasteiger partial charge in [0.25, 0.3) is 5.91 Å². The molecule has 0 radical (unpaired) electrons. The molecule has 2 aromatic rings. The summed E-state index contributed by atoms with van der Waals surface area (Å²) >= 11 is 11.7. The summed E-state index contributed by atoms with van der Waals surface area (Å²) in [5.41, 5.74) is 0.387. The number of halogens is 2. The zero-order chi connectivity index (χ0) is 15.9. The van der Waals surface area contributed by atoms with Crippen LogP contribution in [0.15, 0.2) is 30.3 Å². The molecule has 0 unspecified atom stereocenters. The van der Waals surface area contributed by atoms with Crippen LogP contribution in [0.3, 0.4) is 0 Å². The number of benzene rings is 1. The highest BCUT2D eigenvalue weighted by molar-refractivity contribution is 6.42. The molecule has 2 rings (SSSR count). The van der Waals surface area contributed by atoms with E-state index in [1.807, 2.05) is 0 Å². The number of hydrogen-bond donors (Lipinski definition) is 2. The van der Waals surface area contributed by atoms with Gasteiger partial charge in [0, 0.05) is 19.2 Å². The third-order valence-electron chi connectivity index (χ3n) is 2.70. The number of carbonyl (C=O) groups excluding carboxylic acids is 1. The number of methoxy groups -OCH3 is 1. The number of aromatic nitrogens is 2. The van der Waals surface area contributed by atoms with Crippen LogP contribution in [0.1, 0.15) is 10.4 Å². The van der Waals surface area contributed by atoms with E-state index in [4.69, 9.17) is 27.9 Å². The highest BCUT2D eigenvalue weighted by Gasteiger charge is 2.09. The summed E-state index contributed by atoms with van der Waals surface area (Å²) in [6.07, 6.45) is 0. The number of carbonyl (C=O) groups is 1. The Balaban J connectivity index is 1.97. The van der Waals surface area contributed by atoms with E-state index in [0.29, 0.717) is 40.4 Å². The largest absolute Gasteiger partial charge is 0.383 e. The van der Waals surface area contributed by atoms with E-state index < -0.39 is 0 Å². The Bertz CT molecular complexity index is 650. The van der Waals surface area contributed by atoms with Crippen LogP contribution in [-0.2, 0) is 4.74 Å². The van der Waals surface area contributed by atoms with Gasteiger partial charge in [0.1, 0.15) is 5.82 Å². The van der Waals surface area contributed by atoms with E-state index in [1.54, 1.807) is 31.4 Å². The molecular formula is C14H14Cl2N4O2. The first-order valence-electron chi connectivity index (χ1n) is 6.43. The predicted molar refractivity (Wildman–Crippen MR) is 86.8 cm³/mol. The second-order valence-electron chi connectivity index (χ2n) is 4.31. The number of nitrogens with one attached hydrogen (secondary N) is 2. The summed E-state index contributed by atoms with van der Waals surface area (Å²) in [7, 11) is 1.62. The fourth-order valence-electron chi connectivity index (χ4n) is 1.60. The number of rotatable bonds is 6. The Labute approximate surface area is 137 Å². The molecule has 0 bridgehead atoms. The van der Waals surface area contributed by atoms with Crippen LogP contribution in [0.2, 0.25) is 10.0 Å². The molecule has 1 aromatic heterocycles. The maximum absolute atomic E-state index is 12.1. The van der Waals surface area contributed by atoms with Gasteiger partial charge in [0.05, 0.1) is 16.7 Å². The molecule has 0 saturated heterocycles. The smallest absolute Gasteiger partial charge is 0.256 e. The maximum atomic E-state index is 12.1. The van der Waals surface area contributed by atoms with Gasteiger partial charge in [-0.25, -0.2) is 0 Å². The van der Waals surface area contributed by atoms with Crippen molar-refractivity contribution in [1.82, 2.24) is 10.2 Å². The van der Waals surface area contributed by atoms with Crippen molar-refractivity contribution in [3.63, 3.8) is 0 Å². The van der Waals surface area contributed by atoms with Gasteiger partial charge in [-0.2, -0.15) is 0 Å². The monoisotopic (exact) mass is 340 g/mol.